The summed E-state index contributed by atoms with van der Waals surface area (Å²) in [6.07, 6.45) is 0. The fraction of sp³-hybridized carbons (Fsp3) is 0.643. The summed E-state index contributed by atoms with van der Waals surface area (Å²) in [5.74, 6) is 0.744. The number of likely N-dealkylation sites (N-methyl/N-ethyl adjacent to an activating group) is 1. The average Bonchev–Trinajstić information content (AvgIpc) is 2.75. The van der Waals surface area contributed by atoms with Gasteiger partial charge in [0.25, 0.3) is 0 Å². The van der Waals surface area contributed by atoms with Gasteiger partial charge in [0, 0.05) is 46.5 Å². The Hall–Kier alpha value is -0.950. The quantitative estimate of drug-likeness (QED) is 0.552. The molecule has 0 bridgehead atoms. The van der Waals surface area contributed by atoms with Crippen LogP contribution >= 0.6 is 23.2 Å². The van der Waals surface area contributed by atoms with Crippen LogP contribution in [0.2, 0.25) is 10.2 Å². The summed E-state index contributed by atoms with van der Waals surface area (Å²) >= 11 is 12.1. The number of aliphatic imine (C=N–C) groups is 1. The van der Waals surface area contributed by atoms with E-state index in [-0.39, 0.29) is 0 Å². The fourth-order valence-electron chi connectivity index (χ4n) is 1.88. The van der Waals surface area contributed by atoms with Crippen LogP contribution in [0.4, 0.5) is 0 Å². The molecule has 0 radical (unpaired) electrons. The van der Waals surface area contributed by atoms with Gasteiger partial charge in [0.1, 0.15) is 5.15 Å². The van der Waals surface area contributed by atoms with E-state index in [0.29, 0.717) is 16.7 Å². The van der Waals surface area contributed by atoms with E-state index in [1.165, 1.54) is 0 Å². The van der Waals surface area contributed by atoms with Crippen molar-refractivity contribution in [2.45, 2.75) is 6.54 Å². The Kier molecular flexibility index (Phi) is 8.63. The summed E-state index contributed by atoms with van der Waals surface area (Å²) in [6, 6.07) is 1.85. The van der Waals surface area contributed by atoms with E-state index in [0.717, 1.165) is 37.9 Å². The second-order valence-electron chi connectivity index (χ2n) is 4.98. The molecule has 6 nitrogen and oxygen atoms in total. The third kappa shape index (κ3) is 6.04. The zero-order valence-electron chi connectivity index (χ0n) is 13.6. The number of halogens is 2. The highest BCUT2D eigenvalue weighted by Gasteiger charge is 2.09. The molecule has 1 aromatic heterocycles. The number of nitrogens with zero attached hydrogens (tertiary/aromatic N) is 3. The minimum atomic E-state index is 0.543. The van der Waals surface area contributed by atoms with Gasteiger partial charge in [0.05, 0.1) is 18.2 Å². The number of guanidine groups is 1. The van der Waals surface area contributed by atoms with Crippen LogP contribution < -0.4 is 10.6 Å². The number of rotatable bonds is 8. The molecular formula is C14H25Cl2N5O. The zero-order valence-corrected chi connectivity index (χ0v) is 15.1. The van der Waals surface area contributed by atoms with Crippen LogP contribution in [-0.4, -0.2) is 62.9 Å². The van der Waals surface area contributed by atoms with Crippen LogP contribution in [0.1, 0.15) is 5.69 Å². The van der Waals surface area contributed by atoms with Crippen LogP contribution in [0.25, 0.3) is 0 Å². The van der Waals surface area contributed by atoms with Crippen molar-refractivity contribution in [1.29, 1.82) is 0 Å². The van der Waals surface area contributed by atoms with Gasteiger partial charge in [-0.05, 0) is 13.1 Å². The fourth-order valence-corrected chi connectivity index (χ4v) is 2.29. The van der Waals surface area contributed by atoms with E-state index in [4.69, 9.17) is 27.9 Å². The van der Waals surface area contributed by atoms with Crippen molar-refractivity contribution >= 4 is 29.2 Å². The van der Waals surface area contributed by atoms with E-state index in [2.05, 4.69) is 27.6 Å². The molecule has 0 aromatic carbocycles. The summed E-state index contributed by atoms with van der Waals surface area (Å²) in [5.41, 5.74) is 0.996. The SMILES string of the molecule is CN=C(NCCN(C)CCOC)NCc1cc(Cl)c(Cl)n1C. The van der Waals surface area contributed by atoms with E-state index >= 15 is 0 Å². The smallest absolute Gasteiger partial charge is 0.191 e. The Balaban J connectivity index is 2.35. The molecule has 0 saturated heterocycles. The number of aromatic nitrogens is 1. The molecule has 22 heavy (non-hydrogen) atoms. The molecule has 126 valence electrons. The monoisotopic (exact) mass is 349 g/mol. The van der Waals surface area contributed by atoms with Gasteiger partial charge in [0.2, 0.25) is 0 Å². The second-order valence-corrected chi connectivity index (χ2v) is 5.75. The van der Waals surface area contributed by atoms with Gasteiger partial charge in [-0.3, -0.25) is 4.99 Å². The molecular weight excluding hydrogens is 325 g/mol. The highest BCUT2D eigenvalue weighted by atomic mass is 35.5. The molecule has 0 fully saturated rings. The largest absolute Gasteiger partial charge is 0.383 e. The van der Waals surface area contributed by atoms with E-state index in [1.807, 2.05) is 17.7 Å². The lowest BCUT2D eigenvalue weighted by molar-refractivity contribution is 0.162. The number of ether oxygens (including phenoxy) is 1. The normalized spacial score (nSPS) is 12.0. The van der Waals surface area contributed by atoms with Crippen molar-refractivity contribution < 1.29 is 4.74 Å². The molecule has 0 aliphatic carbocycles. The maximum atomic E-state index is 6.05. The summed E-state index contributed by atoms with van der Waals surface area (Å²) in [7, 11) is 7.39. The highest BCUT2D eigenvalue weighted by molar-refractivity contribution is 6.41. The lowest BCUT2D eigenvalue weighted by Gasteiger charge is -2.18. The molecule has 0 spiro atoms. The average molecular weight is 350 g/mol. The Labute approximate surface area is 142 Å². The maximum absolute atomic E-state index is 6.05. The Morgan fingerprint density at radius 2 is 2.09 bits per heavy atom. The highest BCUT2D eigenvalue weighted by Crippen LogP contribution is 2.24. The Bertz CT molecular complexity index is 490. The van der Waals surface area contributed by atoms with Crippen LogP contribution in [0, 0.1) is 0 Å². The van der Waals surface area contributed by atoms with Crippen molar-refractivity contribution in [3.8, 4) is 0 Å². The summed E-state index contributed by atoms with van der Waals surface area (Å²) in [5, 5.41) is 7.61. The molecule has 1 rings (SSSR count). The molecule has 8 heteroatoms. The lowest BCUT2D eigenvalue weighted by Crippen LogP contribution is -2.41. The molecule has 2 N–H and O–H groups in total. The summed E-state index contributed by atoms with van der Waals surface area (Å²) < 4.78 is 6.90. The van der Waals surface area contributed by atoms with Crippen LogP contribution in [0.5, 0.6) is 0 Å². The maximum Gasteiger partial charge on any atom is 0.191 e. The molecule has 0 atom stereocenters. The lowest BCUT2D eigenvalue weighted by atomic mass is 10.4. The van der Waals surface area contributed by atoms with Gasteiger partial charge in [0.15, 0.2) is 5.96 Å². The summed E-state index contributed by atoms with van der Waals surface area (Å²) in [6.45, 7) is 3.95. The molecule has 1 aromatic rings. The molecule has 0 amide bonds. The molecule has 0 unspecified atom stereocenters. The van der Waals surface area contributed by atoms with Gasteiger partial charge >= 0.3 is 0 Å². The van der Waals surface area contributed by atoms with Gasteiger partial charge in [-0.25, -0.2) is 0 Å². The van der Waals surface area contributed by atoms with Crippen molar-refractivity contribution in [3.63, 3.8) is 0 Å². The number of nitrogens with one attached hydrogen (secondary N) is 2. The predicted octanol–water partition coefficient (Wildman–Crippen LogP) is 1.58. The first-order valence-electron chi connectivity index (χ1n) is 7.11. The zero-order chi connectivity index (χ0) is 16.5. The minimum Gasteiger partial charge on any atom is -0.383 e. The first kappa shape index (κ1) is 19.1. The van der Waals surface area contributed by atoms with E-state index in [1.54, 1.807) is 14.2 Å². The predicted molar refractivity (Wildman–Crippen MR) is 93.0 cm³/mol. The first-order valence-corrected chi connectivity index (χ1v) is 7.86. The van der Waals surface area contributed by atoms with Gasteiger partial charge < -0.3 is 24.8 Å². The number of hydrogen-bond donors (Lipinski definition) is 2. The Morgan fingerprint density at radius 3 is 2.64 bits per heavy atom. The molecule has 1 heterocycles. The standard InChI is InChI=1S/C14H25Cl2N5O/c1-17-14(18-5-6-20(2)7-8-22-4)19-10-11-9-12(15)13(16)21(11)3/h9H,5-8,10H2,1-4H3,(H2,17,18,19). The third-order valence-corrected chi connectivity index (χ3v) is 4.18. The van der Waals surface area contributed by atoms with Crippen molar-refractivity contribution in [1.82, 2.24) is 20.1 Å². The van der Waals surface area contributed by atoms with Gasteiger partial charge in [-0.1, -0.05) is 23.2 Å². The molecule has 0 aliphatic rings. The topological polar surface area (TPSA) is 53.8 Å². The minimum absolute atomic E-state index is 0.543. The van der Waals surface area contributed by atoms with Crippen molar-refractivity contribution in [2.24, 2.45) is 12.0 Å². The second kappa shape index (κ2) is 9.94. The van der Waals surface area contributed by atoms with Gasteiger partial charge in [-0.15, -0.1) is 0 Å². The first-order chi connectivity index (χ1) is 10.5. The Morgan fingerprint density at radius 1 is 1.36 bits per heavy atom. The number of hydrogen-bond acceptors (Lipinski definition) is 3. The van der Waals surface area contributed by atoms with E-state index in [9.17, 15) is 0 Å². The third-order valence-electron chi connectivity index (χ3n) is 3.34. The molecule has 0 saturated carbocycles. The molecule has 0 aliphatic heterocycles. The number of methoxy groups -OCH3 is 1. The van der Waals surface area contributed by atoms with E-state index < -0.39 is 0 Å². The van der Waals surface area contributed by atoms with Crippen molar-refractivity contribution in [2.75, 3.05) is 47.4 Å². The van der Waals surface area contributed by atoms with Crippen LogP contribution in [0.3, 0.4) is 0 Å². The summed E-state index contributed by atoms with van der Waals surface area (Å²) in [4.78, 5) is 6.39. The van der Waals surface area contributed by atoms with Crippen LogP contribution in [0.15, 0.2) is 11.1 Å². The van der Waals surface area contributed by atoms with Gasteiger partial charge in [-0.2, -0.15) is 0 Å². The van der Waals surface area contributed by atoms with Crippen molar-refractivity contribution in [3.05, 3.63) is 21.9 Å². The van der Waals surface area contributed by atoms with Crippen LogP contribution in [-0.2, 0) is 18.3 Å².